The number of hydrogen-bond donors (Lipinski definition) is 1. The van der Waals surface area contributed by atoms with Crippen molar-refractivity contribution in [2.24, 2.45) is 5.92 Å². The highest BCUT2D eigenvalue weighted by Crippen LogP contribution is 2.14. The zero-order valence-corrected chi connectivity index (χ0v) is 11.5. The van der Waals surface area contributed by atoms with Gasteiger partial charge in [0, 0.05) is 24.7 Å². The first-order valence-electron chi connectivity index (χ1n) is 6.72. The first-order valence-corrected chi connectivity index (χ1v) is 6.72. The van der Waals surface area contributed by atoms with Crippen LogP contribution in [0.5, 0.6) is 0 Å². The van der Waals surface area contributed by atoms with Gasteiger partial charge in [-0.25, -0.2) is 9.67 Å². The minimum Gasteiger partial charge on any atom is -0.313 e. The summed E-state index contributed by atoms with van der Waals surface area (Å²) in [4.78, 5) is 4.53. The van der Waals surface area contributed by atoms with E-state index >= 15 is 0 Å². The Morgan fingerprint density at radius 1 is 1.33 bits per heavy atom. The average molecular weight is 246 g/mol. The molecule has 0 saturated heterocycles. The summed E-state index contributed by atoms with van der Waals surface area (Å²) < 4.78 is 1.99. The lowest BCUT2D eigenvalue weighted by molar-refractivity contribution is 0.492. The highest BCUT2D eigenvalue weighted by atomic mass is 15.3. The second kappa shape index (κ2) is 5.96. The van der Waals surface area contributed by atoms with Crippen molar-refractivity contribution in [2.75, 3.05) is 6.54 Å². The smallest absolute Gasteiger partial charge is 0.157 e. The molecule has 0 spiro atoms. The molecule has 4 heteroatoms. The highest BCUT2D eigenvalue weighted by molar-refractivity contribution is 5.74. The first kappa shape index (κ1) is 13.0. The Morgan fingerprint density at radius 3 is 2.89 bits per heavy atom. The maximum atomic E-state index is 4.53. The molecule has 2 aromatic heterocycles. The lowest BCUT2D eigenvalue weighted by Crippen LogP contribution is -2.14. The van der Waals surface area contributed by atoms with Crippen LogP contribution in [0.25, 0.3) is 11.0 Å². The van der Waals surface area contributed by atoms with Crippen LogP contribution in [0.1, 0.15) is 32.8 Å². The van der Waals surface area contributed by atoms with E-state index in [0.29, 0.717) is 5.92 Å². The molecule has 0 bridgehead atoms. The molecule has 0 aliphatic heterocycles. The number of pyridine rings is 1. The monoisotopic (exact) mass is 246 g/mol. The third kappa shape index (κ3) is 3.07. The number of nitrogens with one attached hydrogen (secondary N) is 1. The molecule has 18 heavy (non-hydrogen) atoms. The summed E-state index contributed by atoms with van der Waals surface area (Å²) in [5, 5.41) is 8.93. The van der Waals surface area contributed by atoms with Crippen LogP contribution < -0.4 is 5.32 Å². The van der Waals surface area contributed by atoms with Crippen molar-refractivity contribution in [1.29, 1.82) is 0 Å². The van der Waals surface area contributed by atoms with Crippen molar-refractivity contribution in [3.63, 3.8) is 0 Å². The molecule has 2 rings (SSSR count). The van der Waals surface area contributed by atoms with Gasteiger partial charge < -0.3 is 5.32 Å². The van der Waals surface area contributed by atoms with Crippen LogP contribution in [-0.2, 0) is 13.1 Å². The molecule has 0 radical (unpaired) electrons. The molecule has 0 aliphatic rings. The van der Waals surface area contributed by atoms with Crippen LogP contribution in [-0.4, -0.2) is 21.3 Å². The zero-order valence-electron chi connectivity index (χ0n) is 11.5. The quantitative estimate of drug-likeness (QED) is 0.797. The molecule has 2 heterocycles. The third-order valence-electron chi connectivity index (χ3n) is 2.83. The summed E-state index contributed by atoms with van der Waals surface area (Å²) in [7, 11) is 0. The van der Waals surface area contributed by atoms with Gasteiger partial charge in [-0.15, -0.1) is 0 Å². The van der Waals surface area contributed by atoms with Gasteiger partial charge in [-0.2, -0.15) is 5.10 Å². The largest absolute Gasteiger partial charge is 0.313 e. The number of nitrogens with zero attached hydrogens (tertiary/aromatic N) is 3. The first-order chi connectivity index (χ1) is 8.70. The molecule has 0 aliphatic carbocycles. The Morgan fingerprint density at radius 2 is 2.17 bits per heavy atom. The van der Waals surface area contributed by atoms with Gasteiger partial charge >= 0.3 is 0 Å². The molecule has 0 amide bonds. The van der Waals surface area contributed by atoms with Gasteiger partial charge in [-0.05, 0) is 30.5 Å². The average Bonchev–Trinajstić information content (AvgIpc) is 2.72. The van der Waals surface area contributed by atoms with E-state index in [9.17, 15) is 0 Å². The van der Waals surface area contributed by atoms with E-state index in [1.165, 1.54) is 5.56 Å². The number of aromatic nitrogens is 3. The van der Waals surface area contributed by atoms with Crippen LogP contribution in [0.15, 0.2) is 18.5 Å². The van der Waals surface area contributed by atoms with E-state index in [1.807, 2.05) is 17.1 Å². The fourth-order valence-electron chi connectivity index (χ4n) is 2.00. The van der Waals surface area contributed by atoms with Gasteiger partial charge in [0.2, 0.25) is 0 Å². The summed E-state index contributed by atoms with van der Waals surface area (Å²) in [6.07, 6.45) is 5.01. The Kier molecular flexibility index (Phi) is 4.31. The number of hydrogen-bond acceptors (Lipinski definition) is 3. The second-order valence-corrected chi connectivity index (χ2v) is 5.15. The minimum atomic E-state index is 0.584. The van der Waals surface area contributed by atoms with Crippen LogP contribution in [0.3, 0.4) is 0 Å². The highest BCUT2D eigenvalue weighted by Gasteiger charge is 2.06. The maximum absolute atomic E-state index is 4.53. The molecule has 1 N–H and O–H groups in total. The molecule has 0 saturated carbocycles. The summed E-state index contributed by atoms with van der Waals surface area (Å²) in [5.41, 5.74) is 2.21. The van der Waals surface area contributed by atoms with Crippen molar-refractivity contribution in [1.82, 2.24) is 20.1 Å². The lowest BCUT2D eigenvalue weighted by Gasteiger charge is -2.06. The van der Waals surface area contributed by atoms with E-state index in [0.717, 1.165) is 37.1 Å². The lowest BCUT2D eigenvalue weighted by atomic mass is 10.2. The van der Waals surface area contributed by atoms with Crippen LogP contribution in [0, 0.1) is 5.92 Å². The predicted octanol–water partition coefficient (Wildman–Crippen LogP) is 2.59. The van der Waals surface area contributed by atoms with Crippen LogP contribution in [0.2, 0.25) is 0 Å². The molecule has 0 unspecified atom stereocenters. The molecule has 0 fully saturated rings. The van der Waals surface area contributed by atoms with E-state index in [-0.39, 0.29) is 0 Å². The van der Waals surface area contributed by atoms with Gasteiger partial charge in [0.25, 0.3) is 0 Å². The van der Waals surface area contributed by atoms with Crippen molar-refractivity contribution in [2.45, 2.75) is 40.3 Å². The molecule has 2 aromatic rings. The van der Waals surface area contributed by atoms with E-state index in [1.54, 1.807) is 0 Å². The molecular weight excluding hydrogens is 224 g/mol. The Bertz CT molecular complexity index is 501. The van der Waals surface area contributed by atoms with Gasteiger partial charge in [0.05, 0.1) is 6.20 Å². The van der Waals surface area contributed by atoms with Crippen molar-refractivity contribution >= 4 is 11.0 Å². The predicted molar refractivity (Wildman–Crippen MR) is 74.4 cm³/mol. The molecule has 0 aromatic carbocycles. The Labute approximate surface area is 108 Å². The minimum absolute atomic E-state index is 0.584. The second-order valence-electron chi connectivity index (χ2n) is 5.15. The van der Waals surface area contributed by atoms with Gasteiger partial charge in [0.15, 0.2) is 5.65 Å². The Hall–Kier alpha value is -1.42. The van der Waals surface area contributed by atoms with E-state index in [2.05, 4.69) is 42.2 Å². The Balaban J connectivity index is 2.15. The summed E-state index contributed by atoms with van der Waals surface area (Å²) >= 11 is 0. The van der Waals surface area contributed by atoms with Gasteiger partial charge in [0.1, 0.15) is 0 Å². The van der Waals surface area contributed by atoms with Gasteiger partial charge in [-0.3, -0.25) is 0 Å². The number of fused-ring (bicyclic) bond motifs is 1. The molecule has 4 nitrogen and oxygen atoms in total. The standard InChI is InChI=1S/C14H22N4/c1-4-5-15-7-12-6-13-9-17-18(10-11(2)3)14(13)16-8-12/h6,8-9,11,15H,4-5,7,10H2,1-3H3. The van der Waals surface area contributed by atoms with Crippen LogP contribution in [0.4, 0.5) is 0 Å². The topological polar surface area (TPSA) is 42.7 Å². The van der Waals surface area contributed by atoms with Crippen LogP contribution >= 0.6 is 0 Å². The normalized spacial score (nSPS) is 11.6. The SMILES string of the molecule is CCCNCc1cnc2c(cnn2CC(C)C)c1. The van der Waals surface area contributed by atoms with E-state index < -0.39 is 0 Å². The summed E-state index contributed by atoms with van der Waals surface area (Å²) in [6, 6.07) is 2.18. The van der Waals surface area contributed by atoms with E-state index in [4.69, 9.17) is 0 Å². The summed E-state index contributed by atoms with van der Waals surface area (Å²) in [5.74, 6) is 0.584. The maximum Gasteiger partial charge on any atom is 0.157 e. The van der Waals surface area contributed by atoms with Gasteiger partial charge in [-0.1, -0.05) is 20.8 Å². The zero-order chi connectivity index (χ0) is 13.0. The van der Waals surface area contributed by atoms with Crippen molar-refractivity contribution < 1.29 is 0 Å². The molecule has 98 valence electrons. The van der Waals surface area contributed by atoms with Crippen molar-refractivity contribution in [3.05, 3.63) is 24.0 Å². The fourth-order valence-corrected chi connectivity index (χ4v) is 2.00. The fraction of sp³-hybridized carbons (Fsp3) is 0.571. The molecule has 0 atom stereocenters. The third-order valence-corrected chi connectivity index (χ3v) is 2.83. The summed E-state index contributed by atoms with van der Waals surface area (Å²) in [6.45, 7) is 9.40. The number of rotatable bonds is 6. The molecular formula is C14H22N4. The van der Waals surface area contributed by atoms with Crippen molar-refractivity contribution in [3.8, 4) is 0 Å².